The molecule has 0 saturated heterocycles. The normalized spacial score (nSPS) is 13.8. The summed E-state index contributed by atoms with van der Waals surface area (Å²) in [6.45, 7) is 8.78. The number of amides is 1. The molecule has 2 N–H and O–H groups in total. The third-order valence-electron chi connectivity index (χ3n) is 4.14. The van der Waals surface area contributed by atoms with Gasteiger partial charge in [0, 0.05) is 21.8 Å². The van der Waals surface area contributed by atoms with Gasteiger partial charge in [0.05, 0.1) is 12.5 Å². The van der Waals surface area contributed by atoms with Gasteiger partial charge in [-0.25, -0.2) is 0 Å². The molecule has 2 rings (SSSR count). The van der Waals surface area contributed by atoms with Crippen molar-refractivity contribution in [3.8, 4) is 0 Å². The zero-order valence-corrected chi connectivity index (χ0v) is 15.1. The standard InChI is InChI=1S/C19H26N2OS/c1-13(2)21(12-17-11-10-14(3)23-17)19(22)15(4)18(20)16-8-6-5-7-9-16/h5-11,13,15,18H,12,20H2,1-4H3. The molecule has 0 bridgehead atoms. The van der Waals surface area contributed by atoms with E-state index in [4.69, 9.17) is 5.73 Å². The molecule has 0 spiro atoms. The molecule has 0 radical (unpaired) electrons. The Kier molecular flexibility index (Phi) is 5.97. The molecule has 124 valence electrons. The van der Waals surface area contributed by atoms with Crippen LogP contribution in [-0.2, 0) is 11.3 Å². The first-order valence-corrected chi connectivity index (χ1v) is 8.88. The van der Waals surface area contributed by atoms with Gasteiger partial charge < -0.3 is 10.6 Å². The molecule has 3 nitrogen and oxygen atoms in total. The van der Waals surface area contributed by atoms with E-state index in [2.05, 4.69) is 32.9 Å². The van der Waals surface area contributed by atoms with Crippen LogP contribution in [0.1, 0.15) is 42.1 Å². The number of aryl methyl sites for hydroxylation is 1. The van der Waals surface area contributed by atoms with Gasteiger partial charge in [0.2, 0.25) is 5.91 Å². The molecule has 0 aliphatic carbocycles. The minimum atomic E-state index is -0.282. The summed E-state index contributed by atoms with van der Waals surface area (Å²) in [7, 11) is 0. The molecule has 4 heteroatoms. The highest BCUT2D eigenvalue weighted by Crippen LogP contribution is 2.24. The molecule has 0 aliphatic heterocycles. The molecule has 1 aromatic carbocycles. The van der Waals surface area contributed by atoms with Crippen molar-refractivity contribution >= 4 is 17.2 Å². The van der Waals surface area contributed by atoms with E-state index in [9.17, 15) is 4.79 Å². The van der Waals surface area contributed by atoms with Crippen molar-refractivity contribution in [3.63, 3.8) is 0 Å². The first-order chi connectivity index (χ1) is 10.9. The zero-order chi connectivity index (χ0) is 17.0. The zero-order valence-electron chi connectivity index (χ0n) is 14.3. The lowest BCUT2D eigenvalue weighted by Crippen LogP contribution is -2.42. The number of nitrogens with zero attached hydrogens (tertiary/aromatic N) is 1. The number of benzene rings is 1. The second-order valence-corrected chi connectivity index (χ2v) is 7.67. The molecule has 1 amide bonds. The highest BCUT2D eigenvalue weighted by molar-refractivity contribution is 7.11. The maximum Gasteiger partial charge on any atom is 0.227 e. The second kappa shape index (κ2) is 7.75. The highest BCUT2D eigenvalue weighted by atomic mass is 32.1. The number of nitrogens with two attached hydrogens (primary N) is 1. The summed E-state index contributed by atoms with van der Waals surface area (Å²) in [6.07, 6.45) is 0. The van der Waals surface area contributed by atoms with E-state index in [0.717, 1.165) is 5.56 Å². The second-order valence-electron chi connectivity index (χ2n) is 6.30. The Morgan fingerprint density at radius 3 is 2.30 bits per heavy atom. The summed E-state index contributed by atoms with van der Waals surface area (Å²) in [4.78, 5) is 17.4. The lowest BCUT2D eigenvalue weighted by molar-refractivity contribution is -0.138. The molecule has 0 fully saturated rings. The Morgan fingerprint density at radius 2 is 1.78 bits per heavy atom. The van der Waals surface area contributed by atoms with E-state index >= 15 is 0 Å². The lowest BCUT2D eigenvalue weighted by atomic mass is 9.93. The van der Waals surface area contributed by atoms with Gasteiger partial charge in [0.1, 0.15) is 0 Å². The molecular weight excluding hydrogens is 304 g/mol. The molecule has 0 aliphatic rings. The third-order valence-corrected chi connectivity index (χ3v) is 5.13. The molecule has 23 heavy (non-hydrogen) atoms. The summed E-state index contributed by atoms with van der Waals surface area (Å²) in [5.74, 6) is -0.136. The molecule has 2 unspecified atom stereocenters. The Morgan fingerprint density at radius 1 is 1.13 bits per heavy atom. The fourth-order valence-corrected chi connectivity index (χ4v) is 3.52. The van der Waals surface area contributed by atoms with Crippen LogP contribution in [0, 0.1) is 12.8 Å². The van der Waals surface area contributed by atoms with Crippen LogP contribution in [-0.4, -0.2) is 16.8 Å². The van der Waals surface area contributed by atoms with Crippen LogP contribution >= 0.6 is 11.3 Å². The van der Waals surface area contributed by atoms with Crippen molar-refractivity contribution in [2.45, 2.75) is 46.3 Å². The summed E-state index contributed by atoms with van der Waals surface area (Å²) in [6, 6.07) is 13.9. The van der Waals surface area contributed by atoms with Crippen LogP contribution in [0.5, 0.6) is 0 Å². The van der Waals surface area contributed by atoms with E-state index in [1.807, 2.05) is 42.2 Å². The Hall–Kier alpha value is -1.65. The maximum absolute atomic E-state index is 13.0. The van der Waals surface area contributed by atoms with Crippen molar-refractivity contribution in [3.05, 3.63) is 57.8 Å². The molecule has 1 aromatic heterocycles. The van der Waals surface area contributed by atoms with Crippen LogP contribution in [0.4, 0.5) is 0 Å². The molecule has 0 saturated carbocycles. The number of hydrogen-bond donors (Lipinski definition) is 1. The monoisotopic (exact) mass is 330 g/mol. The fraction of sp³-hybridized carbons (Fsp3) is 0.421. The van der Waals surface area contributed by atoms with Crippen LogP contribution in [0.25, 0.3) is 0 Å². The lowest BCUT2D eigenvalue weighted by Gasteiger charge is -2.31. The predicted octanol–water partition coefficient (Wildman–Crippen LogP) is 4.13. The maximum atomic E-state index is 13.0. The number of carbonyl (C=O) groups is 1. The number of thiophene rings is 1. The number of rotatable bonds is 6. The van der Waals surface area contributed by atoms with Gasteiger partial charge in [-0.05, 0) is 38.5 Å². The highest BCUT2D eigenvalue weighted by Gasteiger charge is 2.28. The van der Waals surface area contributed by atoms with Gasteiger partial charge in [-0.2, -0.15) is 0 Å². The Bertz CT molecular complexity index is 636. The van der Waals surface area contributed by atoms with Gasteiger partial charge in [-0.15, -0.1) is 11.3 Å². The first kappa shape index (κ1) is 17.7. The minimum absolute atomic E-state index is 0.113. The van der Waals surface area contributed by atoms with E-state index in [-0.39, 0.29) is 23.9 Å². The predicted molar refractivity (Wildman–Crippen MR) is 97.3 cm³/mol. The molecule has 2 aromatic rings. The van der Waals surface area contributed by atoms with Crippen LogP contribution in [0.2, 0.25) is 0 Å². The number of carbonyl (C=O) groups excluding carboxylic acids is 1. The van der Waals surface area contributed by atoms with Crippen molar-refractivity contribution in [1.29, 1.82) is 0 Å². The average Bonchev–Trinajstić information content (AvgIpc) is 2.96. The largest absolute Gasteiger partial charge is 0.335 e. The summed E-state index contributed by atoms with van der Waals surface area (Å²) >= 11 is 1.74. The summed E-state index contributed by atoms with van der Waals surface area (Å²) in [5.41, 5.74) is 7.33. The van der Waals surface area contributed by atoms with Crippen molar-refractivity contribution in [2.75, 3.05) is 0 Å². The average molecular weight is 330 g/mol. The smallest absolute Gasteiger partial charge is 0.227 e. The van der Waals surface area contributed by atoms with Gasteiger partial charge >= 0.3 is 0 Å². The van der Waals surface area contributed by atoms with E-state index in [1.165, 1.54) is 9.75 Å². The minimum Gasteiger partial charge on any atom is -0.335 e. The Labute approximate surface area is 143 Å². The van der Waals surface area contributed by atoms with E-state index in [0.29, 0.717) is 6.54 Å². The van der Waals surface area contributed by atoms with E-state index in [1.54, 1.807) is 11.3 Å². The van der Waals surface area contributed by atoms with Gasteiger partial charge in [-0.3, -0.25) is 4.79 Å². The van der Waals surface area contributed by atoms with Crippen LogP contribution < -0.4 is 5.73 Å². The molecular formula is C19H26N2OS. The third kappa shape index (κ3) is 4.43. The SMILES string of the molecule is Cc1ccc(CN(C(=O)C(C)C(N)c2ccccc2)C(C)C)s1. The fourth-order valence-electron chi connectivity index (χ4n) is 2.63. The van der Waals surface area contributed by atoms with Crippen LogP contribution in [0.15, 0.2) is 42.5 Å². The van der Waals surface area contributed by atoms with Gasteiger partial charge in [0.15, 0.2) is 0 Å². The topological polar surface area (TPSA) is 46.3 Å². The van der Waals surface area contributed by atoms with Gasteiger partial charge in [-0.1, -0.05) is 37.3 Å². The summed E-state index contributed by atoms with van der Waals surface area (Å²) < 4.78 is 0. The quantitative estimate of drug-likeness (QED) is 0.865. The summed E-state index contributed by atoms with van der Waals surface area (Å²) in [5, 5.41) is 0. The molecule has 2 atom stereocenters. The van der Waals surface area contributed by atoms with Crippen molar-refractivity contribution in [2.24, 2.45) is 11.7 Å². The van der Waals surface area contributed by atoms with Crippen LogP contribution in [0.3, 0.4) is 0 Å². The first-order valence-electron chi connectivity index (χ1n) is 8.06. The molecule has 1 heterocycles. The van der Waals surface area contributed by atoms with Crippen molar-refractivity contribution in [1.82, 2.24) is 4.90 Å². The Balaban J connectivity index is 2.13. The van der Waals surface area contributed by atoms with E-state index < -0.39 is 0 Å². The van der Waals surface area contributed by atoms with Crippen molar-refractivity contribution < 1.29 is 4.79 Å². The van der Waals surface area contributed by atoms with Gasteiger partial charge in [0.25, 0.3) is 0 Å². The number of hydrogen-bond acceptors (Lipinski definition) is 3.